The predicted octanol–water partition coefficient (Wildman–Crippen LogP) is 3.43. The second kappa shape index (κ2) is 8.01. The number of carbonyl (C=O) groups is 3. The predicted molar refractivity (Wildman–Crippen MR) is 101 cm³/mol. The molecule has 0 aliphatic heterocycles. The second-order valence-corrected chi connectivity index (χ2v) is 7.80. The van der Waals surface area contributed by atoms with Crippen LogP contribution in [0.1, 0.15) is 18.4 Å². The van der Waals surface area contributed by atoms with E-state index in [1.807, 2.05) is 0 Å². The lowest BCUT2D eigenvalue weighted by molar-refractivity contribution is -0.154. The summed E-state index contributed by atoms with van der Waals surface area (Å²) in [5.74, 6) is -3.09. The third kappa shape index (κ3) is 3.95. The Morgan fingerprint density at radius 1 is 1.25 bits per heavy atom. The lowest BCUT2D eigenvalue weighted by Crippen LogP contribution is -2.56. The highest BCUT2D eigenvalue weighted by molar-refractivity contribution is 6.34. The maximum Gasteiger partial charge on any atom is 0.408 e. The van der Waals surface area contributed by atoms with Gasteiger partial charge in [0.2, 0.25) is 0 Å². The number of esters is 1. The number of benzene rings is 1. The molecule has 150 valence electrons. The van der Waals surface area contributed by atoms with Gasteiger partial charge < -0.3 is 19.9 Å². The van der Waals surface area contributed by atoms with Crippen LogP contribution in [0.15, 0.2) is 30.9 Å². The number of carboxylic acids is 1. The highest BCUT2D eigenvalue weighted by Gasteiger charge is 2.72. The fourth-order valence-corrected chi connectivity index (χ4v) is 4.63. The summed E-state index contributed by atoms with van der Waals surface area (Å²) in [4.78, 5) is 36.5. The summed E-state index contributed by atoms with van der Waals surface area (Å²) in [6.07, 6.45) is 1.35. The number of halogens is 2. The van der Waals surface area contributed by atoms with E-state index in [1.165, 1.54) is 6.08 Å². The Labute approximate surface area is 171 Å². The van der Waals surface area contributed by atoms with Gasteiger partial charge in [-0.3, -0.25) is 4.79 Å². The van der Waals surface area contributed by atoms with Gasteiger partial charge in [-0.2, -0.15) is 0 Å². The van der Waals surface area contributed by atoms with Crippen LogP contribution in [0.3, 0.4) is 0 Å². The number of ether oxygens (including phenoxy) is 2. The molecule has 1 aromatic carbocycles. The highest BCUT2D eigenvalue weighted by Crippen LogP contribution is 2.62. The van der Waals surface area contributed by atoms with E-state index in [-0.39, 0.29) is 25.6 Å². The number of fused-ring (bicyclic) bond motifs is 1. The Balaban J connectivity index is 1.76. The molecule has 2 aliphatic carbocycles. The van der Waals surface area contributed by atoms with Gasteiger partial charge in [0.15, 0.2) is 0 Å². The van der Waals surface area contributed by atoms with Crippen LogP contribution in [0.4, 0.5) is 4.79 Å². The van der Waals surface area contributed by atoms with Gasteiger partial charge in [-0.05, 0) is 42.5 Å². The first kappa shape index (κ1) is 20.5. The molecule has 28 heavy (non-hydrogen) atoms. The molecule has 4 unspecified atom stereocenters. The summed E-state index contributed by atoms with van der Waals surface area (Å²) < 4.78 is 10.3. The zero-order valence-electron chi connectivity index (χ0n) is 14.8. The van der Waals surface area contributed by atoms with Crippen molar-refractivity contribution >= 4 is 41.2 Å². The molecule has 0 saturated heterocycles. The van der Waals surface area contributed by atoms with Crippen LogP contribution >= 0.6 is 23.2 Å². The Hall–Kier alpha value is -2.25. The van der Waals surface area contributed by atoms with Crippen LogP contribution in [0, 0.1) is 17.8 Å². The molecular formula is C19H19Cl2NO6. The van der Waals surface area contributed by atoms with Crippen molar-refractivity contribution in [3.8, 4) is 0 Å². The van der Waals surface area contributed by atoms with Crippen molar-refractivity contribution < 1.29 is 29.0 Å². The van der Waals surface area contributed by atoms with Gasteiger partial charge in [-0.15, -0.1) is 0 Å². The monoisotopic (exact) mass is 427 g/mol. The van der Waals surface area contributed by atoms with Crippen LogP contribution in [0.2, 0.25) is 10.0 Å². The molecule has 3 rings (SSSR count). The van der Waals surface area contributed by atoms with E-state index >= 15 is 0 Å². The van der Waals surface area contributed by atoms with Crippen molar-refractivity contribution in [2.75, 3.05) is 6.61 Å². The van der Waals surface area contributed by atoms with E-state index < -0.39 is 35.4 Å². The second-order valence-electron chi connectivity index (χ2n) is 6.93. The average Bonchev–Trinajstić information content (AvgIpc) is 3.26. The first-order valence-corrected chi connectivity index (χ1v) is 9.45. The van der Waals surface area contributed by atoms with Gasteiger partial charge in [-0.25, -0.2) is 9.59 Å². The van der Waals surface area contributed by atoms with E-state index in [0.29, 0.717) is 22.0 Å². The zero-order valence-corrected chi connectivity index (χ0v) is 16.3. The fourth-order valence-electron chi connectivity index (χ4n) is 4.06. The molecule has 0 heterocycles. The quantitative estimate of drug-likeness (QED) is 0.510. The van der Waals surface area contributed by atoms with E-state index in [9.17, 15) is 19.5 Å². The van der Waals surface area contributed by atoms with Gasteiger partial charge in [0.05, 0.1) is 5.92 Å². The maximum atomic E-state index is 13.0. The first-order chi connectivity index (χ1) is 13.3. The smallest absolute Gasteiger partial charge is 0.408 e. The number of hydrogen-bond donors (Lipinski definition) is 2. The molecule has 0 radical (unpaired) electrons. The van der Waals surface area contributed by atoms with Crippen molar-refractivity contribution in [2.45, 2.75) is 25.0 Å². The highest BCUT2D eigenvalue weighted by atomic mass is 35.5. The van der Waals surface area contributed by atoms with Crippen LogP contribution in [-0.2, 0) is 25.7 Å². The topological polar surface area (TPSA) is 102 Å². The molecule has 0 bridgehead atoms. The van der Waals surface area contributed by atoms with E-state index in [1.54, 1.807) is 18.2 Å². The SMILES string of the molecule is C=CCOC(=O)NC1(C(=O)OCc2cc(Cl)cc(Cl)c2)CCC2C(C(=O)O)C21. The molecule has 7 nitrogen and oxygen atoms in total. The number of aliphatic carboxylic acids is 1. The Bertz CT molecular complexity index is 808. The van der Waals surface area contributed by atoms with E-state index in [0.717, 1.165) is 0 Å². The largest absolute Gasteiger partial charge is 0.481 e. The number of hydrogen-bond acceptors (Lipinski definition) is 5. The van der Waals surface area contributed by atoms with Crippen LogP contribution in [0.5, 0.6) is 0 Å². The Kier molecular flexibility index (Phi) is 5.86. The minimum absolute atomic E-state index is 0.0333. The van der Waals surface area contributed by atoms with Gasteiger partial charge in [-0.1, -0.05) is 35.9 Å². The van der Waals surface area contributed by atoms with Crippen molar-refractivity contribution in [1.29, 1.82) is 0 Å². The molecule has 0 aromatic heterocycles. The lowest BCUT2D eigenvalue weighted by Gasteiger charge is -2.30. The molecule has 2 N–H and O–H groups in total. The number of amides is 1. The summed E-state index contributed by atoms with van der Waals surface area (Å²) in [6.45, 7) is 3.31. The van der Waals surface area contributed by atoms with Crippen LogP contribution < -0.4 is 5.32 Å². The number of nitrogens with one attached hydrogen (secondary N) is 1. The third-order valence-electron chi connectivity index (χ3n) is 5.21. The molecule has 0 spiro atoms. The molecule has 4 atom stereocenters. The molecule has 1 amide bonds. The van der Waals surface area contributed by atoms with Crippen LogP contribution in [0.25, 0.3) is 0 Å². The number of carbonyl (C=O) groups excluding carboxylic acids is 2. The summed E-state index contributed by atoms with van der Waals surface area (Å²) >= 11 is 11.9. The number of carboxylic acid groups (broad SMARTS) is 1. The van der Waals surface area contributed by atoms with Crippen molar-refractivity contribution in [2.24, 2.45) is 17.8 Å². The van der Waals surface area contributed by atoms with Crippen LogP contribution in [-0.4, -0.2) is 35.3 Å². The summed E-state index contributed by atoms with van der Waals surface area (Å²) in [5.41, 5.74) is -0.857. The summed E-state index contributed by atoms with van der Waals surface area (Å²) in [5, 5.41) is 12.7. The fraction of sp³-hybridized carbons (Fsp3) is 0.421. The standard InChI is InChI=1S/C19H19Cl2NO6/c1-2-5-27-18(26)22-19(4-3-13-14(15(13)19)16(23)24)17(25)28-9-10-6-11(20)8-12(21)7-10/h2,6-8,13-15H,1,3-5,9H2,(H,22,26)(H,23,24). The molecule has 1 aromatic rings. The van der Waals surface area contributed by atoms with Gasteiger partial charge >= 0.3 is 18.0 Å². The van der Waals surface area contributed by atoms with Gasteiger partial charge in [0, 0.05) is 16.0 Å². The minimum Gasteiger partial charge on any atom is -0.481 e. The molecular weight excluding hydrogens is 409 g/mol. The van der Waals surface area contributed by atoms with Gasteiger partial charge in [0.25, 0.3) is 0 Å². The number of alkyl carbamates (subject to hydrolysis) is 1. The summed E-state index contributed by atoms with van der Waals surface area (Å²) in [6, 6.07) is 4.76. The molecule has 2 aliphatic rings. The molecule has 9 heteroatoms. The average molecular weight is 428 g/mol. The minimum atomic E-state index is -1.44. The Morgan fingerprint density at radius 3 is 2.50 bits per heavy atom. The first-order valence-electron chi connectivity index (χ1n) is 8.69. The zero-order chi connectivity index (χ0) is 20.5. The van der Waals surface area contributed by atoms with Crippen molar-refractivity contribution in [3.63, 3.8) is 0 Å². The lowest BCUT2D eigenvalue weighted by atomic mass is 9.90. The number of rotatable bonds is 7. The van der Waals surface area contributed by atoms with Crippen molar-refractivity contribution in [3.05, 3.63) is 46.5 Å². The third-order valence-corrected chi connectivity index (χ3v) is 5.65. The molecule has 2 saturated carbocycles. The molecule has 2 fully saturated rings. The van der Waals surface area contributed by atoms with E-state index in [4.69, 9.17) is 32.7 Å². The maximum absolute atomic E-state index is 13.0. The normalized spacial score (nSPS) is 27.4. The summed E-state index contributed by atoms with van der Waals surface area (Å²) in [7, 11) is 0. The van der Waals surface area contributed by atoms with E-state index in [2.05, 4.69) is 11.9 Å². The van der Waals surface area contributed by atoms with Gasteiger partial charge in [0.1, 0.15) is 18.8 Å². The Morgan fingerprint density at radius 2 is 1.93 bits per heavy atom. The van der Waals surface area contributed by atoms with Crippen molar-refractivity contribution in [1.82, 2.24) is 5.32 Å².